The first-order valence-electron chi connectivity index (χ1n) is 7.57. The summed E-state index contributed by atoms with van der Waals surface area (Å²) in [5.41, 5.74) is 1.63. The summed E-state index contributed by atoms with van der Waals surface area (Å²) >= 11 is 0. The highest BCUT2D eigenvalue weighted by molar-refractivity contribution is 7.89. The quantitative estimate of drug-likeness (QED) is 0.862. The first kappa shape index (κ1) is 15.3. The Morgan fingerprint density at radius 3 is 2.64 bits per heavy atom. The van der Waals surface area contributed by atoms with E-state index in [0.717, 1.165) is 37.0 Å². The van der Waals surface area contributed by atoms with Crippen LogP contribution in [0.2, 0.25) is 0 Å². The first-order chi connectivity index (χ1) is 10.5. The summed E-state index contributed by atoms with van der Waals surface area (Å²) in [5.74, 6) is 0.148. The van der Waals surface area contributed by atoms with E-state index in [0.29, 0.717) is 6.01 Å². The lowest BCUT2D eigenvalue weighted by Gasteiger charge is -2.35. The highest BCUT2D eigenvalue weighted by atomic mass is 32.2. The molecule has 1 aromatic heterocycles. The molecule has 22 heavy (non-hydrogen) atoms. The Balaban J connectivity index is 1.69. The molecule has 3 rings (SSSR count). The molecule has 1 aliphatic rings. The molecule has 1 aliphatic heterocycles. The van der Waals surface area contributed by atoms with Crippen LogP contribution in [0.1, 0.15) is 19.8 Å². The number of oxazole rings is 1. The molecule has 2 aromatic rings. The maximum atomic E-state index is 11.9. The van der Waals surface area contributed by atoms with E-state index in [9.17, 15) is 8.42 Å². The van der Waals surface area contributed by atoms with Gasteiger partial charge in [-0.25, -0.2) is 12.7 Å². The van der Waals surface area contributed by atoms with Crippen LogP contribution in [0.25, 0.3) is 11.1 Å². The maximum absolute atomic E-state index is 11.9. The Kier molecular flexibility index (Phi) is 4.10. The molecule has 0 N–H and O–H groups in total. The fourth-order valence-electron chi connectivity index (χ4n) is 2.85. The van der Waals surface area contributed by atoms with Crippen LogP contribution >= 0.6 is 0 Å². The van der Waals surface area contributed by atoms with Gasteiger partial charge in [-0.2, -0.15) is 4.98 Å². The van der Waals surface area contributed by atoms with Crippen molar-refractivity contribution < 1.29 is 12.8 Å². The number of benzene rings is 1. The van der Waals surface area contributed by atoms with Crippen LogP contribution in [0, 0.1) is 0 Å². The third kappa shape index (κ3) is 2.83. The van der Waals surface area contributed by atoms with E-state index in [1.807, 2.05) is 24.3 Å². The zero-order chi connectivity index (χ0) is 15.7. The summed E-state index contributed by atoms with van der Waals surface area (Å²) < 4.78 is 31.2. The van der Waals surface area contributed by atoms with Crippen molar-refractivity contribution in [1.82, 2.24) is 9.29 Å². The Morgan fingerprint density at radius 1 is 1.32 bits per heavy atom. The van der Waals surface area contributed by atoms with Gasteiger partial charge in [-0.3, -0.25) is 0 Å². The fourth-order valence-corrected chi connectivity index (χ4v) is 3.92. The second-order valence-corrected chi connectivity index (χ2v) is 7.92. The SMILES string of the molecule is CCS(=O)(=O)N(C)C1CCN(c2nc3ccccc3o2)CC1. The van der Waals surface area contributed by atoms with Gasteiger partial charge >= 0.3 is 0 Å². The molecule has 0 atom stereocenters. The van der Waals surface area contributed by atoms with Crippen LogP contribution in [-0.4, -0.2) is 49.6 Å². The number of fused-ring (bicyclic) bond motifs is 1. The summed E-state index contributed by atoms with van der Waals surface area (Å²) in [7, 11) is -1.45. The zero-order valence-corrected chi connectivity index (χ0v) is 13.7. The molecule has 7 heteroatoms. The molecule has 0 bridgehead atoms. The average molecular weight is 323 g/mol. The number of aromatic nitrogens is 1. The van der Waals surface area contributed by atoms with Gasteiger partial charge in [0.1, 0.15) is 5.52 Å². The molecular weight excluding hydrogens is 302 g/mol. The molecule has 120 valence electrons. The molecule has 0 unspecified atom stereocenters. The van der Waals surface area contributed by atoms with Crippen LogP contribution in [0.4, 0.5) is 6.01 Å². The van der Waals surface area contributed by atoms with E-state index < -0.39 is 10.0 Å². The highest BCUT2D eigenvalue weighted by Gasteiger charge is 2.29. The van der Waals surface area contributed by atoms with Crippen molar-refractivity contribution in [1.29, 1.82) is 0 Å². The largest absolute Gasteiger partial charge is 0.423 e. The second-order valence-electron chi connectivity index (χ2n) is 5.60. The van der Waals surface area contributed by atoms with Crippen LogP contribution in [-0.2, 0) is 10.0 Å². The predicted octanol–water partition coefficient (Wildman–Crippen LogP) is 2.08. The molecule has 0 amide bonds. The van der Waals surface area contributed by atoms with Crippen LogP contribution < -0.4 is 4.90 Å². The van der Waals surface area contributed by atoms with Crippen LogP contribution in [0.3, 0.4) is 0 Å². The number of nitrogens with zero attached hydrogens (tertiary/aromatic N) is 3. The summed E-state index contributed by atoms with van der Waals surface area (Å²) in [5, 5.41) is 0. The third-order valence-corrected chi connectivity index (χ3v) is 6.24. The van der Waals surface area contributed by atoms with Crippen molar-refractivity contribution in [2.75, 3.05) is 30.8 Å². The normalized spacial score (nSPS) is 17.5. The molecule has 0 aliphatic carbocycles. The number of hydrogen-bond acceptors (Lipinski definition) is 5. The summed E-state index contributed by atoms with van der Waals surface area (Å²) in [4.78, 5) is 6.58. The fraction of sp³-hybridized carbons (Fsp3) is 0.533. The molecule has 6 nitrogen and oxygen atoms in total. The van der Waals surface area contributed by atoms with Crippen molar-refractivity contribution in [2.24, 2.45) is 0 Å². The highest BCUT2D eigenvalue weighted by Crippen LogP contribution is 2.26. The van der Waals surface area contributed by atoms with Gasteiger partial charge in [0, 0.05) is 26.2 Å². The maximum Gasteiger partial charge on any atom is 0.298 e. The van der Waals surface area contributed by atoms with E-state index in [1.165, 1.54) is 4.31 Å². The van der Waals surface area contributed by atoms with Gasteiger partial charge in [-0.1, -0.05) is 12.1 Å². The lowest BCUT2D eigenvalue weighted by Crippen LogP contribution is -2.46. The molecule has 2 heterocycles. The summed E-state index contributed by atoms with van der Waals surface area (Å²) in [6.45, 7) is 3.18. The number of rotatable bonds is 4. The smallest absolute Gasteiger partial charge is 0.298 e. The Hall–Kier alpha value is -1.60. The Bertz CT molecular complexity index is 715. The third-order valence-electron chi connectivity index (χ3n) is 4.34. The number of sulfonamides is 1. The lowest BCUT2D eigenvalue weighted by atomic mass is 10.1. The van der Waals surface area contributed by atoms with Gasteiger partial charge in [0.05, 0.1) is 5.75 Å². The van der Waals surface area contributed by atoms with Crippen LogP contribution in [0.15, 0.2) is 28.7 Å². The molecule has 1 fully saturated rings. The minimum Gasteiger partial charge on any atom is -0.423 e. The zero-order valence-electron chi connectivity index (χ0n) is 12.9. The van der Waals surface area contributed by atoms with Crippen molar-refractivity contribution in [2.45, 2.75) is 25.8 Å². The van der Waals surface area contributed by atoms with Gasteiger partial charge in [0.15, 0.2) is 5.58 Å². The number of piperidine rings is 1. The van der Waals surface area contributed by atoms with Crippen molar-refractivity contribution >= 4 is 27.1 Å². The Labute approximate surface area is 130 Å². The molecule has 1 saturated heterocycles. The molecular formula is C15H21N3O3S. The van der Waals surface area contributed by atoms with Crippen molar-refractivity contribution in [3.8, 4) is 0 Å². The number of anilines is 1. The van der Waals surface area contributed by atoms with Gasteiger partial charge < -0.3 is 9.32 Å². The van der Waals surface area contributed by atoms with Crippen LogP contribution in [0.5, 0.6) is 0 Å². The monoisotopic (exact) mass is 323 g/mol. The molecule has 0 saturated carbocycles. The summed E-state index contributed by atoms with van der Waals surface area (Å²) in [6, 6.07) is 8.38. The molecule has 0 radical (unpaired) electrons. The lowest BCUT2D eigenvalue weighted by molar-refractivity contribution is 0.307. The van der Waals surface area contributed by atoms with E-state index >= 15 is 0 Å². The van der Waals surface area contributed by atoms with Gasteiger partial charge in [0.25, 0.3) is 6.01 Å². The Morgan fingerprint density at radius 2 is 2.00 bits per heavy atom. The van der Waals surface area contributed by atoms with Gasteiger partial charge in [-0.15, -0.1) is 0 Å². The molecule has 1 aromatic carbocycles. The van der Waals surface area contributed by atoms with E-state index in [-0.39, 0.29) is 11.8 Å². The second kappa shape index (κ2) is 5.89. The standard InChI is InChI=1S/C15H21N3O3S/c1-3-22(19,20)17(2)12-8-10-18(11-9-12)15-16-13-6-4-5-7-14(13)21-15/h4-7,12H,3,8-11H2,1-2H3. The van der Waals surface area contributed by atoms with Crippen molar-refractivity contribution in [3.63, 3.8) is 0 Å². The van der Waals surface area contributed by atoms with E-state index in [1.54, 1.807) is 14.0 Å². The minimum absolute atomic E-state index is 0.0607. The minimum atomic E-state index is -3.12. The number of para-hydroxylation sites is 2. The first-order valence-corrected chi connectivity index (χ1v) is 9.18. The van der Waals surface area contributed by atoms with E-state index in [2.05, 4.69) is 9.88 Å². The van der Waals surface area contributed by atoms with E-state index in [4.69, 9.17) is 4.42 Å². The predicted molar refractivity (Wildman–Crippen MR) is 86.5 cm³/mol. The van der Waals surface area contributed by atoms with Gasteiger partial charge in [0.2, 0.25) is 10.0 Å². The summed E-state index contributed by atoms with van der Waals surface area (Å²) in [6.07, 6.45) is 1.57. The van der Waals surface area contributed by atoms with Crippen molar-refractivity contribution in [3.05, 3.63) is 24.3 Å². The average Bonchev–Trinajstić information content (AvgIpc) is 2.98. The number of hydrogen-bond donors (Lipinski definition) is 0. The molecule has 0 spiro atoms. The van der Waals surface area contributed by atoms with Gasteiger partial charge in [-0.05, 0) is 31.9 Å². The topological polar surface area (TPSA) is 66.7 Å².